The second-order valence-corrected chi connectivity index (χ2v) is 5.55. The molecule has 4 nitrogen and oxygen atoms in total. The van der Waals surface area contributed by atoms with E-state index < -0.39 is 23.3 Å². The second-order valence-electron chi connectivity index (χ2n) is 5.55. The fourth-order valence-electron chi connectivity index (χ4n) is 1.51. The van der Waals surface area contributed by atoms with Gasteiger partial charge in [-0.15, -0.1) is 0 Å². The molecule has 0 saturated heterocycles. The Balaban J connectivity index is 2.21. The van der Waals surface area contributed by atoms with E-state index in [9.17, 15) is 13.6 Å². The molecule has 0 fully saturated rings. The maximum absolute atomic E-state index is 13.3. The van der Waals surface area contributed by atoms with Crippen molar-refractivity contribution in [3.63, 3.8) is 0 Å². The van der Waals surface area contributed by atoms with Crippen LogP contribution in [0.3, 0.4) is 0 Å². The Morgan fingerprint density at radius 2 is 1.86 bits per heavy atom. The standard InChI is InChI=1S/C16H21F2NO3/c1-16(2,3)22-15(20)19-10-5-4-6-11-21-14-12(17)8-7-9-13(14)18/h4,6-9H,5,10-11H2,1-3H3,(H,19,20)/b6-4+. The smallest absolute Gasteiger partial charge is 0.407 e. The Bertz CT molecular complexity index is 504. The van der Waals surface area contributed by atoms with Crippen molar-refractivity contribution in [2.24, 2.45) is 0 Å². The molecule has 1 aromatic rings. The van der Waals surface area contributed by atoms with E-state index >= 15 is 0 Å². The molecule has 0 radical (unpaired) electrons. The fraction of sp³-hybridized carbons (Fsp3) is 0.438. The maximum atomic E-state index is 13.3. The molecule has 1 aromatic carbocycles. The molecule has 0 spiro atoms. The highest BCUT2D eigenvalue weighted by molar-refractivity contribution is 5.67. The Morgan fingerprint density at radius 1 is 1.23 bits per heavy atom. The van der Waals surface area contributed by atoms with Crippen LogP contribution in [0.1, 0.15) is 27.2 Å². The fourth-order valence-corrected chi connectivity index (χ4v) is 1.51. The molecule has 6 heteroatoms. The van der Waals surface area contributed by atoms with E-state index in [1.54, 1.807) is 32.9 Å². The average Bonchev–Trinajstić information content (AvgIpc) is 2.38. The summed E-state index contributed by atoms with van der Waals surface area (Å²) in [5.41, 5.74) is -0.530. The zero-order valence-electron chi connectivity index (χ0n) is 13.0. The van der Waals surface area contributed by atoms with Gasteiger partial charge < -0.3 is 14.8 Å². The van der Waals surface area contributed by atoms with Gasteiger partial charge in [-0.1, -0.05) is 18.2 Å². The Labute approximate surface area is 129 Å². The molecule has 22 heavy (non-hydrogen) atoms. The van der Waals surface area contributed by atoms with Crippen LogP contribution in [0.15, 0.2) is 30.4 Å². The summed E-state index contributed by atoms with van der Waals surface area (Å²) in [6.07, 6.45) is 3.45. The number of amides is 1. The van der Waals surface area contributed by atoms with Crippen LogP contribution in [-0.4, -0.2) is 24.8 Å². The van der Waals surface area contributed by atoms with Crippen LogP contribution in [0, 0.1) is 11.6 Å². The van der Waals surface area contributed by atoms with E-state index in [0.29, 0.717) is 13.0 Å². The Kier molecular flexibility index (Phi) is 6.82. The van der Waals surface area contributed by atoms with Crippen molar-refractivity contribution in [2.75, 3.05) is 13.2 Å². The summed E-state index contributed by atoms with van der Waals surface area (Å²) in [7, 11) is 0. The van der Waals surface area contributed by atoms with Gasteiger partial charge in [0, 0.05) is 6.54 Å². The molecule has 0 aromatic heterocycles. The quantitative estimate of drug-likeness (QED) is 0.641. The molecule has 1 rings (SSSR count). The summed E-state index contributed by atoms with van der Waals surface area (Å²) in [6, 6.07) is 3.54. The van der Waals surface area contributed by atoms with Crippen LogP contribution in [0.2, 0.25) is 0 Å². The van der Waals surface area contributed by atoms with E-state index in [1.807, 2.05) is 0 Å². The minimum absolute atomic E-state index is 0.0459. The molecular formula is C16H21F2NO3. The van der Waals surface area contributed by atoms with E-state index in [1.165, 1.54) is 6.07 Å². The SMILES string of the molecule is CC(C)(C)OC(=O)NCC/C=C/COc1c(F)cccc1F. The van der Waals surface area contributed by atoms with Crippen molar-refractivity contribution in [1.82, 2.24) is 5.32 Å². The summed E-state index contributed by atoms with van der Waals surface area (Å²) < 4.78 is 36.6. The number of halogens is 2. The van der Waals surface area contributed by atoms with Gasteiger partial charge in [0.1, 0.15) is 12.2 Å². The minimum atomic E-state index is -0.736. The van der Waals surface area contributed by atoms with Gasteiger partial charge >= 0.3 is 6.09 Å². The molecular weight excluding hydrogens is 292 g/mol. The number of rotatable bonds is 6. The average molecular weight is 313 g/mol. The lowest BCUT2D eigenvalue weighted by atomic mass is 10.2. The third kappa shape index (κ3) is 7.06. The van der Waals surface area contributed by atoms with Crippen molar-refractivity contribution in [1.29, 1.82) is 0 Å². The molecule has 1 amide bonds. The van der Waals surface area contributed by atoms with Crippen molar-refractivity contribution >= 4 is 6.09 Å². The predicted molar refractivity (Wildman–Crippen MR) is 79.8 cm³/mol. The van der Waals surface area contributed by atoms with Crippen LogP contribution in [0.25, 0.3) is 0 Å². The number of alkyl carbamates (subject to hydrolysis) is 1. The van der Waals surface area contributed by atoms with Gasteiger partial charge in [0.05, 0.1) is 0 Å². The van der Waals surface area contributed by atoms with Crippen LogP contribution >= 0.6 is 0 Å². The summed E-state index contributed by atoms with van der Waals surface area (Å²) in [4.78, 5) is 11.3. The molecule has 0 bridgehead atoms. The monoisotopic (exact) mass is 313 g/mol. The molecule has 0 aliphatic rings. The third-order valence-corrected chi connectivity index (χ3v) is 2.39. The lowest BCUT2D eigenvalue weighted by Crippen LogP contribution is -2.32. The lowest BCUT2D eigenvalue weighted by Gasteiger charge is -2.19. The zero-order valence-corrected chi connectivity index (χ0v) is 13.0. The van der Waals surface area contributed by atoms with Gasteiger partial charge in [-0.05, 0) is 39.3 Å². The predicted octanol–water partition coefficient (Wildman–Crippen LogP) is 3.81. The first-order valence-electron chi connectivity index (χ1n) is 6.98. The zero-order chi connectivity index (χ0) is 16.6. The molecule has 0 saturated carbocycles. The first-order chi connectivity index (χ1) is 10.3. The largest absolute Gasteiger partial charge is 0.483 e. The van der Waals surface area contributed by atoms with Gasteiger partial charge in [-0.25, -0.2) is 13.6 Å². The Morgan fingerprint density at radius 3 is 2.45 bits per heavy atom. The van der Waals surface area contributed by atoms with Gasteiger partial charge in [0.15, 0.2) is 17.4 Å². The molecule has 0 aliphatic heterocycles. The number of carbonyl (C=O) groups excluding carboxylic acids is 1. The van der Waals surface area contributed by atoms with Crippen LogP contribution in [0.5, 0.6) is 5.75 Å². The van der Waals surface area contributed by atoms with Gasteiger partial charge in [-0.3, -0.25) is 0 Å². The summed E-state index contributed by atoms with van der Waals surface area (Å²) in [6.45, 7) is 5.80. The first kappa shape index (κ1) is 17.9. The lowest BCUT2D eigenvalue weighted by molar-refractivity contribution is 0.0529. The normalized spacial score (nSPS) is 11.5. The van der Waals surface area contributed by atoms with Gasteiger partial charge in [0.25, 0.3) is 0 Å². The van der Waals surface area contributed by atoms with Crippen molar-refractivity contribution in [3.8, 4) is 5.75 Å². The van der Waals surface area contributed by atoms with Crippen molar-refractivity contribution in [2.45, 2.75) is 32.8 Å². The van der Waals surface area contributed by atoms with Crippen LogP contribution in [0.4, 0.5) is 13.6 Å². The summed E-state index contributed by atoms with van der Waals surface area (Å²) in [5.74, 6) is -1.86. The van der Waals surface area contributed by atoms with E-state index in [4.69, 9.17) is 9.47 Å². The number of hydrogen-bond acceptors (Lipinski definition) is 3. The van der Waals surface area contributed by atoms with E-state index in [0.717, 1.165) is 12.1 Å². The molecule has 1 N–H and O–H groups in total. The van der Waals surface area contributed by atoms with Crippen molar-refractivity contribution < 1.29 is 23.0 Å². The number of hydrogen-bond donors (Lipinski definition) is 1. The molecule has 0 unspecified atom stereocenters. The van der Waals surface area contributed by atoms with Crippen LogP contribution in [-0.2, 0) is 4.74 Å². The number of ether oxygens (including phenoxy) is 2. The van der Waals surface area contributed by atoms with E-state index in [2.05, 4.69) is 5.32 Å². The topological polar surface area (TPSA) is 47.6 Å². The molecule has 122 valence electrons. The Hall–Kier alpha value is -2.11. The third-order valence-electron chi connectivity index (χ3n) is 2.39. The summed E-state index contributed by atoms with van der Waals surface area (Å²) >= 11 is 0. The molecule has 0 atom stereocenters. The number of carbonyl (C=O) groups is 1. The van der Waals surface area contributed by atoms with Crippen LogP contribution < -0.4 is 10.1 Å². The highest BCUT2D eigenvalue weighted by Crippen LogP contribution is 2.20. The number of para-hydroxylation sites is 1. The number of benzene rings is 1. The van der Waals surface area contributed by atoms with Gasteiger partial charge in [-0.2, -0.15) is 0 Å². The highest BCUT2D eigenvalue weighted by Gasteiger charge is 2.15. The second kappa shape index (κ2) is 8.36. The van der Waals surface area contributed by atoms with E-state index in [-0.39, 0.29) is 12.4 Å². The molecule has 0 aliphatic carbocycles. The summed E-state index contributed by atoms with van der Waals surface area (Å²) in [5, 5.41) is 2.59. The first-order valence-corrected chi connectivity index (χ1v) is 6.98. The minimum Gasteiger partial charge on any atom is -0.483 e. The highest BCUT2D eigenvalue weighted by atomic mass is 19.1. The number of nitrogens with one attached hydrogen (secondary N) is 1. The molecule has 0 heterocycles. The maximum Gasteiger partial charge on any atom is 0.407 e. The van der Waals surface area contributed by atoms with Gasteiger partial charge in [0.2, 0.25) is 0 Å². The van der Waals surface area contributed by atoms with Crippen molar-refractivity contribution in [3.05, 3.63) is 42.0 Å².